The summed E-state index contributed by atoms with van der Waals surface area (Å²) in [4.78, 5) is 11.9. The summed E-state index contributed by atoms with van der Waals surface area (Å²) < 4.78 is 12.2. The Hall–Kier alpha value is -1.25. The monoisotopic (exact) mass is 524 g/mol. The van der Waals surface area contributed by atoms with Gasteiger partial charge in [0.2, 0.25) is 0 Å². The Morgan fingerprint density at radius 2 is 1.50 bits per heavy atom. The molecule has 3 nitrogen and oxygen atoms in total. The highest BCUT2D eigenvalue weighted by Crippen LogP contribution is 2.77. The van der Waals surface area contributed by atoms with Crippen LogP contribution in [0, 0.1) is 56.7 Å². The number of allylic oxidation sites excluding steroid dienone is 2. The maximum Gasteiger partial charge on any atom is 0.302 e. The van der Waals surface area contributed by atoms with Crippen LogP contribution in [-0.2, 0) is 14.3 Å². The third-order valence-corrected chi connectivity index (χ3v) is 14.1. The molecule has 38 heavy (non-hydrogen) atoms. The molecule has 214 valence electrons. The summed E-state index contributed by atoms with van der Waals surface area (Å²) in [6, 6.07) is 0. The number of esters is 1. The van der Waals surface area contributed by atoms with E-state index in [1.165, 1.54) is 63.4 Å². The van der Waals surface area contributed by atoms with Gasteiger partial charge in [-0.2, -0.15) is 0 Å². The van der Waals surface area contributed by atoms with Gasteiger partial charge in [-0.05, 0) is 124 Å². The molecule has 10 atom stereocenters. The quantitative estimate of drug-likeness (QED) is 0.204. The summed E-state index contributed by atoms with van der Waals surface area (Å²) in [7, 11) is 0. The molecule has 3 heteroatoms. The van der Waals surface area contributed by atoms with E-state index in [1.807, 2.05) is 6.92 Å². The molecule has 0 N–H and O–H groups in total. The second-order valence-corrected chi connectivity index (χ2v) is 16.0. The van der Waals surface area contributed by atoms with Crippen LogP contribution in [0.1, 0.15) is 120 Å². The van der Waals surface area contributed by atoms with Crippen LogP contribution in [-0.4, -0.2) is 18.7 Å². The Bertz CT molecular complexity index is 995. The van der Waals surface area contributed by atoms with E-state index in [4.69, 9.17) is 9.47 Å². The molecular formula is C35H56O3. The smallest absolute Gasteiger partial charge is 0.302 e. The largest absolute Gasteiger partial charge is 0.495 e. The standard InChI is InChI=1S/C35H56O3/c1-22(2)25-13-18-35(21-37-24(5)36)20-19-33(9)26(30(25)35)11-12-28-32(8)16-15-29(38-23(3)4)31(6,7)27(32)14-17-34(28,33)10/h25-30H,1,3,11-21H2,2,4-10H3/t25-,26?,27?,28?,29-,30?,32?,33+,34+,35?/m0/s1. The van der Waals surface area contributed by atoms with E-state index in [9.17, 15) is 4.79 Å². The Balaban J connectivity index is 1.49. The second kappa shape index (κ2) is 9.13. The zero-order valence-electron chi connectivity index (χ0n) is 25.9. The van der Waals surface area contributed by atoms with Crippen LogP contribution in [0.3, 0.4) is 0 Å². The van der Waals surface area contributed by atoms with Crippen LogP contribution in [0.5, 0.6) is 0 Å². The van der Waals surface area contributed by atoms with Crippen LogP contribution in [0.2, 0.25) is 0 Å². The van der Waals surface area contributed by atoms with Crippen molar-refractivity contribution < 1.29 is 14.3 Å². The number of rotatable bonds is 5. The molecule has 5 fully saturated rings. The minimum absolute atomic E-state index is 0.124. The van der Waals surface area contributed by atoms with Crippen molar-refractivity contribution in [2.75, 3.05) is 6.61 Å². The van der Waals surface area contributed by atoms with Crippen molar-refractivity contribution in [1.29, 1.82) is 0 Å². The number of hydrogen-bond acceptors (Lipinski definition) is 3. The first kappa shape index (κ1) is 28.3. The van der Waals surface area contributed by atoms with Gasteiger partial charge in [-0.3, -0.25) is 4.79 Å². The Morgan fingerprint density at radius 3 is 2.13 bits per heavy atom. The zero-order valence-corrected chi connectivity index (χ0v) is 25.9. The van der Waals surface area contributed by atoms with Gasteiger partial charge in [0.1, 0.15) is 6.10 Å². The Labute approximate surface area is 233 Å². The number of carbonyl (C=O) groups excluding carboxylic acids is 1. The third kappa shape index (κ3) is 3.82. The maximum absolute atomic E-state index is 11.9. The van der Waals surface area contributed by atoms with Crippen LogP contribution in [0.4, 0.5) is 0 Å². The van der Waals surface area contributed by atoms with Crippen LogP contribution < -0.4 is 0 Å². The van der Waals surface area contributed by atoms with Gasteiger partial charge in [-0.25, -0.2) is 0 Å². The van der Waals surface area contributed by atoms with Gasteiger partial charge in [0.25, 0.3) is 0 Å². The summed E-state index contributed by atoms with van der Waals surface area (Å²) in [5.74, 6) is 4.03. The van der Waals surface area contributed by atoms with Crippen molar-refractivity contribution in [2.45, 2.75) is 126 Å². The SMILES string of the molecule is C=C(C)O[C@H]1CCC2(C)C(CC[C@]3(C)C2CCC2C4[C@H](C(=C)C)CCC4(COC(C)=O)CC[C@]23C)C1(C)C. The highest BCUT2D eigenvalue weighted by atomic mass is 16.5. The lowest BCUT2D eigenvalue weighted by molar-refractivity contribution is -0.251. The molecule has 5 aliphatic rings. The summed E-state index contributed by atoms with van der Waals surface area (Å²) in [5, 5.41) is 0. The highest BCUT2D eigenvalue weighted by Gasteiger charge is 2.71. The van der Waals surface area contributed by atoms with Crippen molar-refractivity contribution in [3.05, 3.63) is 24.5 Å². The van der Waals surface area contributed by atoms with Crippen molar-refractivity contribution >= 4 is 5.97 Å². The second-order valence-electron chi connectivity index (χ2n) is 16.0. The number of carbonyl (C=O) groups is 1. The van der Waals surface area contributed by atoms with Gasteiger partial charge >= 0.3 is 5.97 Å². The number of ether oxygens (including phenoxy) is 2. The molecule has 6 unspecified atom stereocenters. The number of hydrogen-bond donors (Lipinski definition) is 0. The molecule has 0 amide bonds. The summed E-state index contributed by atoms with van der Waals surface area (Å²) in [5.41, 5.74) is 2.67. The fourth-order valence-corrected chi connectivity index (χ4v) is 12.2. The van der Waals surface area contributed by atoms with Gasteiger partial charge in [0.05, 0.1) is 12.4 Å². The molecule has 0 aromatic rings. The molecular weight excluding hydrogens is 468 g/mol. The molecule has 0 spiro atoms. The first-order valence-corrected chi connectivity index (χ1v) is 15.7. The normalized spacial score (nSPS) is 49.1. The lowest BCUT2D eigenvalue weighted by Gasteiger charge is -2.73. The van der Waals surface area contributed by atoms with Crippen molar-refractivity contribution in [1.82, 2.24) is 0 Å². The van der Waals surface area contributed by atoms with Crippen LogP contribution in [0.15, 0.2) is 24.5 Å². The summed E-state index contributed by atoms with van der Waals surface area (Å²) >= 11 is 0. The minimum atomic E-state index is -0.124. The average molecular weight is 525 g/mol. The molecule has 0 saturated heterocycles. The molecule has 0 aromatic heterocycles. The predicted molar refractivity (Wildman–Crippen MR) is 155 cm³/mol. The van der Waals surface area contributed by atoms with Gasteiger partial charge in [-0.15, -0.1) is 0 Å². The van der Waals surface area contributed by atoms with Crippen molar-refractivity contribution in [3.63, 3.8) is 0 Å². The molecule has 0 radical (unpaired) electrons. The van der Waals surface area contributed by atoms with Gasteiger partial charge in [-0.1, -0.05) is 53.3 Å². The average Bonchev–Trinajstić information content (AvgIpc) is 3.20. The first-order valence-electron chi connectivity index (χ1n) is 15.7. The zero-order chi connectivity index (χ0) is 27.9. The van der Waals surface area contributed by atoms with Gasteiger partial charge in [0, 0.05) is 17.8 Å². The Morgan fingerprint density at radius 1 is 0.789 bits per heavy atom. The van der Waals surface area contributed by atoms with Gasteiger partial charge in [0.15, 0.2) is 0 Å². The van der Waals surface area contributed by atoms with Crippen LogP contribution in [0.25, 0.3) is 0 Å². The minimum Gasteiger partial charge on any atom is -0.495 e. The number of fused-ring (bicyclic) bond motifs is 7. The fourth-order valence-electron chi connectivity index (χ4n) is 12.2. The van der Waals surface area contributed by atoms with E-state index in [1.54, 1.807) is 6.92 Å². The van der Waals surface area contributed by atoms with Crippen molar-refractivity contribution in [2.24, 2.45) is 56.7 Å². The molecule has 5 rings (SSSR count). The maximum atomic E-state index is 11.9. The van der Waals surface area contributed by atoms with E-state index in [0.717, 1.165) is 18.1 Å². The van der Waals surface area contributed by atoms with Crippen molar-refractivity contribution in [3.8, 4) is 0 Å². The van der Waals surface area contributed by atoms with E-state index < -0.39 is 0 Å². The summed E-state index contributed by atoms with van der Waals surface area (Å²) in [6.07, 6.45) is 12.9. The van der Waals surface area contributed by atoms with Crippen LogP contribution >= 0.6 is 0 Å². The predicted octanol–water partition coefficient (Wildman–Crippen LogP) is 9.13. The highest BCUT2D eigenvalue weighted by molar-refractivity contribution is 5.65. The first-order chi connectivity index (χ1) is 17.6. The van der Waals surface area contributed by atoms with E-state index in [0.29, 0.717) is 46.5 Å². The molecule has 0 bridgehead atoms. The summed E-state index contributed by atoms with van der Waals surface area (Å²) in [6.45, 7) is 28.1. The van der Waals surface area contributed by atoms with E-state index in [2.05, 4.69) is 54.7 Å². The molecule has 0 aliphatic heterocycles. The van der Waals surface area contributed by atoms with E-state index >= 15 is 0 Å². The lowest BCUT2D eigenvalue weighted by atomic mass is 9.32. The molecule has 0 aromatic carbocycles. The molecule has 0 heterocycles. The third-order valence-electron chi connectivity index (χ3n) is 14.1. The molecule has 5 saturated carbocycles. The van der Waals surface area contributed by atoms with Gasteiger partial charge < -0.3 is 9.47 Å². The fraction of sp³-hybridized carbons (Fsp3) is 0.857. The lowest BCUT2D eigenvalue weighted by Crippen LogP contribution is -2.67. The topological polar surface area (TPSA) is 35.5 Å². The van der Waals surface area contributed by atoms with E-state index in [-0.39, 0.29) is 22.9 Å². The molecule has 5 aliphatic carbocycles. The Kier molecular flexibility index (Phi) is 6.80.